The molecule has 118 valence electrons. The van der Waals surface area contributed by atoms with Gasteiger partial charge < -0.3 is 14.9 Å². The average molecular weight is 301 g/mol. The number of aromatic nitrogens is 2. The van der Waals surface area contributed by atoms with Gasteiger partial charge in [-0.25, -0.2) is 0 Å². The van der Waals surface area contributed by atoms with Crippen LogP contribution >= 0.6 is 0 Å². The molecule has 1 fully saturated rings. The van der Waals surface area contributed by atoms with E-state index in [1.165, 1.54) is 5.56 Å². The van der Waals surface area contributed by atoms with Crippen LogP contribution < -0.4 is 5.32 Å². The van der Waals surface area contributed by atoms with Gasteiger partial charge in [-0.15, -0.1) is 0 Å². The zero-order valence-electron chi connectivity index (χ0n) is 12.9. The molecule has 0 radical (unpaired) electrons. The van der Waals surface area contributed by atoms with E-state index in [9.17, 15) is 0 Å². The Bertz CT molecular complexity index is 579. The zero-order valence-corrected chi connectivity index (χ0v) is 12.9. The molecule has 1 atom stereocenters. The molecule has 1 aromatic carbocycles. The lowest BCUT2D eigenvalue weighted by atomic mass is 9.79. The minimum absolute atomic E-state index is 0.236. The summed E-state index contributed by atoms with van der Waals surface area (Å²) in [4.78, 5) is 4.32. The van der Waals surface area contributed by atoms with Crippen LogP contribution in [0.25, 0.3) is 0 Å². The average Bonchev–Trinajstić information content (AvgIpc) is 2.92. The van der Waals surface area contributed by atoms with E-state index < -0.39 is 0 Å². The first-order valence-electron chi connectivity index (χ1n) is 7.98. The van der Waals surface area contributed by atoms with Gasteiger partial charge in [0.05, 0.1) is 0 Å². The molecule has 5 nitrogen and oxygen atoms in total. The van der Waals surface area contributed by atoms with E-state index in [0.717, 1.165) is 31.6 Å². The van der Waals surface area contributed by atoms with Crippen molar-refractivity contribution in [2.75, 3.05) is 6.61 Å². The van der Waals surface area contributed by atoms with Crippen LogP contribution in [0.5, 0.6) is 0 Å². The molecule has 0 saturated heterocycles. The molecular weight excluding hydrogens is 278 g/mol. The van der Waals surface area contributed by atoms with Gasteiger partial charge in [-0.1, -0.05) is 35.5 Å². The van der Waals surface area contributed by atoms with Crippen molar-refractivity contribution in [1.82, 2.24) is 15.5 Å². The summed E-state index contributed by atoms with van der Waals surface area (Å²) in [5.41, 5.74) is 1.29. The summed E-state index contributed by atoms with van der Waals surface area (Å²) in [6.45, 7) is 2.08. The Labute approximate surface area is 130 Å². The molecule has 0 aliphatic heterocycles. The summed E-state index contributed by atoms with van der Waals surface area (Å²) in [6, 6.07) is 11.2. The van der Waals surface area contributed by atoms with Crippen LogP contribution in [-0.2, 0) is 0 Å². The van der Waals surface area contributed by atoms with Gasteiger partial charge in [-0.05, 0) is 38.2 Å². The molecule has 1 aromatic heterocycles. The molecule has 1 saturated carbocycles. The fourth-order valence-electron chi connectivity index (χ4n) is 3.05. The number of aliphatic hydroxyl groups excluding tert-OH is 1. The SMILES string of the molecule is Cc1noc(C2CC(NC(CCCO)c3ccccc3)C2)n1. The van der Waals surface area contributed by atoms with E-state index in [1.54, 1.807) is 0 Å². The summed E-state index contributed by atoms with van der Waals surface area (Å²) in [7, 11) is 0. The fraction of sp³-hybridized carbons (Fsp3) is 0.529. The van der Waals surface area contributed by atoms with Crippen LogP contribution in [0, 0.1) is 6.92 Å². The van der Waals surface area contributed by atoms with Gasteiger partial charge in [0, 0.05) is 24.6 Å². The minimum Gasteiger partial charge on any atom is -0.396 e. The van der Waals surface area contributed by atoms with Crippen LogP contribution in [0.2, 0.25) is 0 Å². The highest BCUT2D eigenvalue weighted by atomic mass is 16.5. The monoisotopic (exact) mass is 301 g/mol. The smallest absolute Gasteiger partial charge is 0.229 e. The Balaban J connectivity index is 1.56. The third kappa shape index (κ3) is 3.54. The lowest BCUT2D eigenvalue weighted by Gasteiger charge is -2.36. The molecule has 0 spiro atoms. The first-order valence-corrected chi connectivity index (χ1v) is 7.98. The van der Waals surface area contributed by atoms with E-state index in [1.807, 2.05) is 13.0 Å². The van der Waals surface area contributed by atoms with Crippen molar-refractivity contribution < 1.29 is 9.63 Å². The van der Waals surface area contributed by atoms with E-state index in [4.69, 9.17) is 9.63 Å². The quantitative estimate of drug-likeness (QED) is 0.823. The minimum atomic E-state index is 0.236. The van der Waals surface area contributed by atoms with Crippen molar-refractivity contribution in [1.29, 1.82) is 0 Å². The van der Waals surface area contributed by atoms with Gasteiger partial charge in [0.1, 0.15) is 0 Å². The number of hydrogen-bond acceptors (Lipinski definition) is 5. The molecule has 2 N–H and O–H groups in total. The van der Waals surface area contributed by atoms with Crippen LogP contribution in [0.1, 0.15) is 54.9 Å². The molecule has 0 amide bonds. The Kier molecular flexibility index (Phi) is 4.85. The van der Waals surface area contributed by atoms with E-state index >= 15 is 0 Å². The van der Waals surface area contributed by atoms with Crippen molar-refractivity contribution in [3.63, 3.8) is 0 Å². The van der Waals surface area contributed by atoms with Crippen LogP contribution in [0.15, 0.2) is 34.9 Å². The van der Waals surface area contributed by atoms with Gasteiger partial charge >= 0.3 is 0 Å². The van der Waals surface area contributed by atoms with E-state index in [-0.39, 0.29) is 6.61 Å². The third-order valence-corrected chi connectivity index (χ3v) is 4.32. The lowest BCUT2D eigenvalue weighted by Crippen LogP contribution is -2.42. The first-order chi connectivity index (χ1) is 10.8. The Morgan fingerprint density at radius 2 is 2.09 bits per heavy atom. The molecule has 22 heavy (non-hydrogen) atoms. The Morgan fingerprint density at radius 1 is 1.32 bits per heavy atom. The molecular formula is C17H23N3O2. The molecule has 1 unspecified atom stereocenters. The maximum Gasteiger partial charge on any atom is 0.229 e. The largest absolute Gasteiger partial charge is 0.396 e. The molecule has 2 aromatic rings. The molecule has 1 aliphatic carbocycles. The lowest BCUT2D eigenvalue weighted by molar-refractivity contribution is 0.210. The van der Waals surface area contributed by atoms with E-state index in [2.05, 4.69) is 39.7 Å². The van der Waals surface area contributed by atoms with Crippen molar-refractivity contribution in [2.24, 2.45) is 0 Å². The van der Waals surface area contributed by atoms with Crippen LogP contribution in [-0.4, -0.2) is 27.9 Å². The number of nitrogens with one attached hydrogen (secondary N) is 1. The normalized spacial score (nSPS) is 22.3. The number of nitrogens with zero attached hydrogens (tertiary/aromatic N) is 2. The molecule has 1 heterocycles. The predicted molar refractivity (Wildman–Crippen MR) is 83.4 cm³/mol. The van der Waals surface area contributed by atoms with Gasteiger partial charge in [0.25, 0.3) is 0 Å². The summed E-state index contributed by atoms with van der Waals surface area (Å²) in [5.74, 6) is 1.85. The number of aliphatic hydroxyl groups is 1. The number of hydrogen-bond donors (Lipinski definition) is 2. The highest BCUT2D eigenvalue weighted by Crippen LogP contribution is 2.37. The first kappa shape index (κ1) is 15.2. The van der Waals surface area contributed by atoms with Crippen molar-refractivity contribution >= 4 is 0 Å². The third-order valence-electron chi connectivity index (χ3n) is 4.32. The van der Waals surface area contributed by atoms with Crippen molar-refractivity contribution in [3.8, 4) is 0 Å². The second-order valence-electron chi connectivity index (χ2n) is 6.04. The summed E-state index contributed by atoms with van der Waals surface area (Å²) >= 11 is 0. The molecule has 5 heteroatoms. The number of rotatable bonds is 7. The van der Waals surface area contributed by atoms with Crippen LogP contribution in [0.4, 0.5) is 0 Å². The van der Waals surface area contributed by atoms with Gasteiger partial charge in [-0.2, -0.15) is 4.98 Å². The molecule has 0 bridgehead atoms. The maximum atomic E-state index is 9.11. The fourth-order valence-corrected chi connectivity index (χ4v) is 3.05. The number of benzene rings is 1. The second kappa shape index (κ2) is 7.03. The standard InChI is InChI=1S/C17H23N3O2/c1-12-18-17(22-20-12)14-10-15(11-14)19-16(8-5-9-21)13-6-3-2-4-7-13/h2-4,6-7,14-16,19,21H,5,8-11H2,1H3. The Hall–Kier alpha value is -1.72. The van der Waals surface area contributed by atoms with Gasteiger partial charge in [0.15, 0.2) is 5.82 Å². The summed E-state index contributed by atoms with van der Waals surface area (Å²) in [5, 5.41) is 16.7. The zero-order chi connectivity index (χ0) is 15.4. The second-order valence-corrected chi connectivity index (χ2v) is 6.04. The highest BCUT2D eigenvalue weighted by Gasteiger charge is 2.35. The predicted octanol–water partition coefficient (Wildman–Crippen LogP) is 2.73. The van der Waals surface area contributed by atoms with E-state index in [0.29, 0.717) is 23.8 Å². The Morgan fingerprint density at radius 3 is 2.73 bits per heavy atom. The van der Waals surface area contributed by atoms with Crippen molar-refractivity contribution in [2.45, 2.75) is 50.6 Å². The maximum absolute atomic E-state index is 9.11. The van der Waals surface area contributed by atoms with Crippen LogP contribution in [0.3, 0.4) is 0 Å². The van der Waals surface area contributed by atoms with Gasteiger partial charge in [0.2, 0.25) is 5.89 Å². The summed E-state index contributed by atoms with van der Waals surface area (Å²) in [6.07, 6.45) is 3.82. The highest BCUT2D eigenvalue weighted by molar-refractivity contribution is 5.19. The molecule has 3 rings (SSSR count). The topological polar surface area (TPSA) is 71.2 Å². The summed E-state index contributed by atoms with van der Waals surface area (Å²) < 4.78 is 5.25. The van der Waals surface area contributed by atoms with Crippen molar-refractivity contribution in [3.05, 3.63) is 47.6 Å². The number of aryl methyl sites for hydroxylation is 1. The van der Waals surface area contributed by atoms with Gasteiger partial charge in [-0.3, -0.25) is 0 Å². The molecule has 1 aliphatic rings.